The number of hydrogen-bond acceptors (Lipinski definition) is 3. The molecule has 0 atom stereocenters. The van der Waals surface area contributed by atoms with Crippen molar-refractivity contribution in [2.45, 2.75) is 6.54 Å². The van der Waals surface area contributed by atoms with Crippen molar-refractivity contribution in [2.75, 3.05) is 5.32 Å². The molecule has 2 N–H and O–H groups in total. The molecule has 1 amide bonds. The number of nitrogens with one attached hydrogen (secondary N) is 1. The fourth-order valence-electron chi connectivity index (χ4n) is 1.55. The number of carbonyl (C=O) groups is 2. The zero-order valence-corrected chi connectivity index (χ0v) is 13.5. The van der Waals surface area contributed by atoms with Gasteiger partial charge in [-0.2, -0.15) is 5.10 Å². The molecule has 0 saturated heterocycles. The SMILES string of the molecule is O=C(O)Cn1cc(C(=O)Nc2c(Br)cc(F)cc2Br)cn1. The molecule has 0 aliphatic rings. The first kappa shape index (κ1) is 15.6. The van der Waals surface area contributed by atoms with Gasteiger partial charge in [0, 0.05) is 15.1 Å². The van der Waals surface area contributed by atoms with E-state index in [2.05, 4.69) is 42.3 Å². The summed E-state index contributed by atoms with van der Waals surface area (Å²) in [5, 5.41) is 15.0. The lowest BCUT2D eigenvalue weighted by Crippen LogP contribution is -2.13. The van der Waals surface area contributed by atoms with Crippen LogP contribution in [0.5, 0.6) is 0 Å². The molecule has 1 aromatic heterocycles. The molecule has 2 aromatic rings. The maximum absolute atomic E-state index is 13.2. The van der Waals surface area contributed by atoms with Gasteiger partial charge in [0.2, 0.25) is 0 Å². The predicted molar refractivity (Wildman–Crippen MR) is 79.6 cm³/mol. The second-order valence-electron chi connectivity index (χ2n) is 4.02. The summed E-state index contributed by atoms with van der Waals surface area (Å²) >= 11 is 6.31. The molecule has 0 radical (unpaired) electrons. The van der Waals surface area contributed by atoms with Crippen LogP contribution in [0.1, 0.15) is 10.4 Å². The van der Waals surface area contributed by atoms with Crippen molar-refractivity contribution in [1.29, 1.82) is 0 Å². The molecule has 0 aliphatic carbocycles. The van der Waals surface area contributed by atoms with Crippen molar-refractivity contribution in [3.05, 3.63) is 44.9 Å². The first-order chi connectivity index (χ1) is 9.86. The molecule has 21 heavy (non-hydrogen) atoms. The molecule has 1 aromatic carbocycles. The van der Waals surface area contributed by atoms with Crippen molar-refractivity contribution >= 4 is 49.4 Å². The van der Waals surface area contributed by atoms with Crippen molar-refractivity contribution in [2.24, 2.45) is 0 Å². The van der Waals surface area contributed by atoms with Crippen LogP contribution in [0.25, 0.3) is 0 Å². The third-order valence-corrected chi connectivity index (χ3v) is 3.69. The van der Waals surface area contributed by atoms with E-state index in [0.29, 0.717) is 14.6 Å². The van der Waals surface area contributed by atoms with Gasteiger partial charge in [0.15, 0.2) is 0 Å². The minimum atomic E-state index is -1.06. The fourth-order valence-corrected chi connectivity index (χ4v) is 2.88. The van der Waals surface area contributed by atoms with E-state index in [1.54, 1.807) is 0 Å². The highest BCUT2D eigenvalue weighted by atomic mass is 79.9. The Morgan fingerprint density at radius 1 is 1.33 bits per heavy atom. The highest BCUT2D eigenvalue weighted by Gasteiger charge is 2.14. The second kappa shape index (κ2) is 6.35. The number of carboxylic acids is 1. The fraction of sp³-hybridized carbons (Fsp3) is 0.0833. The van der Waals surface area contributed by atoms with E-state index >= 15 is 0 Å². The zero-order chi connectivity index (χ0) is 15.6. The van der Waals surface area contributed by atoms with Gasteiger partial charge in [-0.15, -0.1) is 0 Å². The molecule has 0 fully saturated rings. The molecule has 0 bridgehead atoms. The Bertz CT molecular complexity index is 695. The molecule has 2 rings (SSSR count). The van der Waals surface area contributed by atoms with E-state index in [-0.39, 0.29) is 12.1 Å². The van der Waals surface area contributed by atoms with E-state index in [4.69, 9.17) is 5.11 Å². The van der Waals surface area contributed by atoms with Gasteiger partial charge < -0.3 is 10.4 Å². The summed E-state index contributed by atoms with van der Waals surface area (Å²) in [7, 11) is 0. The largest absolute Gasteiger partial charge is 0.480 e. The summed E-state index contributed by atoms with van der Waals surface area (Å²) in [5.74, 6) is -2.00. The number of carbonyl (C=O) groups excluding carboxylic acids is 1. The Balaban J connectivity index is 2.18. The number of rotatable bonds is 4. The molecular weight excluding hydrogens is 413 g/mol. The number of anilines is 1. The second-order valence-corrected chi connectivity index (χ2v) is 5.73. The summed E-state index contributed by atoms with van der Waals surface area (Å²) in [6.07, 6.45) is 2.57. The van der Waals surface area contributed by atoms with Gasteiger partial charge in [0.1, 0.15) is 12.4 Å². The monoisotopic (exact) mass is 419 g/mol. The number of halogens is 3. The Morgan fingerprint density at radius 3 is 2.52 bits per heavy atom. The lowest BCUT2D eigenvalue weighted by atomic mass is 10.3. The zero-order valence-electron chi connectivity index (χ0n) is 10.3. The van der Waals surface area contributed by atoms with Crippen molar-refractivity contribution in [3.8, 4) is 0 Å². The summed E-state index contributed by atoms with van der Waals surface area (Å²) in [5.41, 5.74) is 0.562. The molecule has 0 saturated carbocycles. The minimum Gasteiger partial charge on any atom is -0.480 e. The van der Waals surface area contributed by atoms with Gasteiger partial charge >= 0.3 is 5.97 Å². The average molecular weight is 421 g/mol. The van der Waals surface area contributed by atoms with E-state index in [9.17, 15) is 14.0 Å². The van der Waals surface area contributed by atoms with Gasteiger partial charge in [-0.3, -0.25) is 14.3 Å². The van der Waals surface area contributed by atoms with Gasteiger partial charge in [-0.1, -0.05) is 0 Å². The first-order valence-corrected chi connectivity index (χ1v) is 7.15. The van der Waals surface area contributed by atoms with Gasteiger partial charge in [-0.25, -0.2) is 4.39 Å². The number of hydrogen-bond donors (Lipinski definition) is 2. The summed E-state index contributed by atoms with van der Waals surface area (Å²) in [6.45, 7) is -0.336. The van der Waals surface area contributed by atoms with E-state index in [1.165, 1.54) is 24.5 Å². The smallest absolute Gasteiger partial charge is 0.325 e. The standard InChI is InChI=1S/C12H8Br2FN3O3/c13-8-1-7(15)2-9(14)11(8)17-12(21)6-3-16-18(4-6)5-10(19)20/h1-4H,5H2,(H,17,21)(H,19,20). The van der Waals surface area contributed by atoms with Crippen LogP contribution in [0.3, 0.4) is 0 Å². The van der Waals surface area contributed by atoms with Crippen LogP contribution in [0.15, 0.2) is 33.5 Å². The van der Waals surface area contributed by atoms with Crippen molar-refractivity contribution in [1.82, 2.24) is 9.78 Å². The van der Waals surface area contributed by atoms with Crippen LogP contribution < -0.4 is 5.32 Å². The maximum Gasteiger partial charge on any atom is 0.325 e. The Hall–Kier alpha value is -1.74. The first-order valence-electron chi connectivity index (χ1n) is 5.57. The Labute approximate surface area is 135 Å². The van der Waals surface area contributed by atoms with Crippen LogP contribution >= 0.6 is 31.9 Å². The summed E-state index contributed by atoms with van der Waals surface area (Å²) < 4.78 is 15.0. The van der Waals surface area contributed by atoms with E-state index < -0.39 is 17.7 Å². The van der Waals surface area contributed by atoms with Crippen LogP contribution in [-0.2, 0) is 11.3 Å². The quantitative estimate of drug-likeness (QED) is 0.796. The molecular formula is C12H8Br2FN3O3. The van der Waals surface area contributed by atoms with Gasteiger partial charge in [0.25, 0.3) is 5.91 Å². The van der Waals surface area contributed by atoms with Crippen LogP contribution in [0, 0.1) is 5.82 Å². The molecule has 0 unspecified atom stereocenters. The third-order valence-electron chi connectivity index (χ3n) is 2.44. The third kappa shape index (κ3) is 3.88. The molecule has 0 aliphatic heterocycles. The minimum absolute atomic E-state index is 0.194. The van der Waals surface area contributed by atoms with Crippen LogP contribution in [0.4, 0.5) is 10.1 Å². The lowest BCUT2D eigenvalue weighted by Gasteiger charge is -2.08. The summed E-state index contributed by atoms with van der Waals surface area (Å²) in [6, 6.07) is 2.43. The summed E-state index contributed by atoms with van der Waals surface area (Å²) in [4.78, 5) is 22.6. The Kier molecular flexibility index (Phi) is 4.73. The lowest BCUT2D eigenvalue weighted by molar-refractivity contribution is -0.137. The predicted octanol–water partition coefficient (Wildman–Crippen LogP) is 2.88. The van der Waals surface area contributed by atoms with Crippen molar-refractivity contribution < 1.29 is 19.1 Å². The van der Waals surface area contributed by atoms with Crippen LogP contribution in [0.2, 0.25) is 0 Å². The number of amides is 1. The molecule has 1 heterocycles. The number of carboxylic acid groups (broad SMARTS) is 1. The molecule has 110 valence electrons. The Morgan fingerprint density at radius 2 is 1.95 bits per heavy atom. The van der Waals surface area contributed by atoms with E-state index in [1.807, 2.05) is 0 Å². The highest BCUT2D eigenvalue weighted by molar-refractivity contribution is 9.11. The normalized spacial score (nSPS) is 10.4. The number of aliphatic carboxylic acids is 1. The maximum atomic E-state index is 13.2. The molecule has 9 heteroatoms. The van der Waals surface area contributed by atoms with E-state index in [0.717, 1.165) is 4.68 Å². The van der Waals surface area contributed by atoms with Gasteiger partial charge in [0.05, 0.1) is 17.4 Å². The van der Waals surface area contributed by atoms with Crippen LogP contribution in [-0.4, -0.2) is 26.8 Å². The van der Waals surface area contributed by atoms with Gasteiger partial charge in [-0.05, 0) is 44.0 Å². The average Bonchev–Trinajstić information content (AvgIpc) is 2.81. The molecule has 0 spiro atoms. The topological polar surface area (TPSA) is 84.2 Å². The number of benzene rings is 1. The number of aromatic nitrogens is 2. The highest BCUT2D eigenvalue weighted by Crippen LogP contribution is 2.32. The number of nitrogens with zero attached hydrogens (tertiary/aromatic N) is 2. The molecule has 6 nitrogen and oxygen atoms in total. The van der Waals surface area contributed by atoms with Crippen molar-refractivity contribution in [3.63, 3.8) is 0 Å².